The Bertz CT molecular complexity index is 398. The Morgan fingerprint density at radius 3 is 2.94 bits per heavy atom. The van der Waals surface area contributed by atoms with E-state index in [1.807, 2.05) is 6.92 Å². The second-order valence-corrected chi connectivity index (χ2v) is 4.33. The summed E-state index contributed by atoms with van der Waals surface area (Å²) in [5, 5.41) is 2.97. The van der Waals surface area contributed by atoms with Gasteiger partial charge in [0.25, 0.3) is 5.91 Å². The molecule has 1 atom stereocenters. The molecule has 1 rings (SSSR count). The van der Waals surface area contributed by atoms with Crippen molar-refractivity contribution < 1.29 is 13.9 Å². The normalized spacial score (nSPS) is 12.2. The van der Waals surface area contributed by atoms with E-state index < -0.39 is 11.7 Å². The predicted molar refractivity (Wildman–Crippen MR) is 64.8 cm³/mol. The van der Waals surface area contributed by atoms with Crippen molar-refractivity contribution in [2.75, 3.05) is 20.3 Å². The molecule has 0 aliphatic heterocycles. The van der Waals surface area contributed by atoms with Crippen LogP contribution >= 0.6 is 11.6 Å². The molecule has 0 spiro atoms. The highest BCUT2D eigenvalue weighted by atomic mass is 35.5. The zero-order chi connectivity index (χ0) is 12.8. The van der Waals surface area contributed by atoms with E-state index in [1.54, 1.807) is 7.11 Å². The molecule has 3 nitrogen and oxygen atoms in total. The van der Waals surface area contributed by atoms with Crippen LogP contribution in [-0.4, -0.2) is 26.2 Å². The number of amides is 1. The molecular formula is C12H15ClFNO2. The molecule has 5 heteroatoms. The maximum Gasteiger partial charge on any atom is 0.254 e. The molecule has 0 aliphatic carbocycles. The third-order valence-electron chi connectivity index (χ3n) is 2.24. The molecule has 1 amide bonds. The summed E-state index contributed by atoms with van der Waals surface area (Å²) < 4.78 is 18.3. The maximum atomic E-state index is 13.3. The Hall–Kier alpha value is -1.13. The molecule has 17 heavy (non-hydrogen) atoms. The van der Waals surface area contributed by atoms with E-state index in [0.29, 0.717) is 18.2 Å². The smallest absolute Gasteiger partial charge is 0.254 e. The van der Waals surface area contributed by atoms with Crippen LogP contribution in [0.5, 0.6) is 0 Å². The standard InChI is InChI=1S/C12H15ClFNO2/c1-8(7-17-2)6-15-12(16)10-5-9(13)3-4-11(10)14/h3-5,8H,6-7H2,1-2H3,(H,15,16). The lowest BCUT2D eigenvalue weighted by Gasteiger charge is -2.11. The summed E-state index contributed by atoms with van der Waals surface area (Å²) >= 11 is 5.71. The Morgan fingerprint density at radius 2 is 2.29 bits per heavy atom. The van der Waals surface area contributed by atoms with Gasteiger partial charge in [0.2, 0.25) is 0 Å². The molecule has 0 saturated carbocycles. The Balaban J connectivity index is 2.61. The lowest BCUT2D eigenvalue weighted by atomic mass is 10.1. The van der Waals surface area contributed by atoms with Gasteiger partial charge in [-0.1, -0.05) is 18.5 Å². The van der Waals surface area contributed by atoms with Crippen LogP contribution in [0.4, 0.5) is 4.39 Å². The van der Waals surface area contributed by atoms with Crippen molar-refractivity contribution in [1.82, 2.24) is 5.32 Å². The van der Waals surface area contributed by atoms with Crippen LogP contribution < -0.4 is 5.32 Å². The molecule has 0 aromatic heterocycles. The largest absolute Gasteiger partial charge is 0.384 e. The minimum absolute atomic E-state index is 0.0397. The van der Waals surface area contributed by atoms with Gasteiger partial charge in [-0.05, 0) is 24.1 Å². The molecule has 94 valence electrons. The highest BCUT2D eigenvalue weighted by Gasteiger charge is 2.12. The van der Waals surface area contributed by atoms with Gasteiger partial charge in [-0.3, -0.25) is 4.79 Å². The lowest BCUT2D eigenvalue weighted by molar-refractivity contribution is 0.0930. The number of hydrogen-bond donors (Lipinski definition) is 1. The van der Waals surface area contributed by atoms with E-state index in [1.165, 1.54) is 18.2 Å². The Labute approximate surface area is 105 Å². The number of benzene rings is 1. The number of rotatable bonds is 5. The first-order chi connectivity index (χ1) is 8.04. The van der Waals surface area contributed by atoms with Crippen LogP contribution in [0.3, 0.4) is 0 Å². The number of methoxy groups -OCH3 is 1. The van der Waals surface area contributed by atoms with Crippen LogP contribution in [-0.2, 0) is 4.74 Å². The van der Waals surface area contributed by atoms with Gasteiger partial charge in [-0.25, -0.2) is 4.39 Å². The monoisotopic (exact) mass is 259 g/mol. The second kappa shape index (κ2) is 6.57. The van der Waals surface area contributed by atoms with Gasteiger partial charge in [0.05, 0.1) is 12.2 Å². The Morgan fingerprint density at radius 1 is 1.59 bits per heavy atom. The zero-order valence-electron chi connectivity index (χ0n) is 9.80. The first-order valence-corrected chi connectivity index (χ1v) is 5.64. The fourth-order valence-electron chi connectivity index (χ4n) is 1.38. The first-order valence-electron chi connectivity index (χ1n) is 5.26. The SMILES string of the molecule is COCC(C)CNC(=O)c1cc(Cl)ccc1F. The second-order valence-electron chi connectivity index (χ2n) is 3.89. The number of ether oxygens (including phenoxy) is 1. The van der Waals surface area contributed by atoms with Gasteiger partial charge >= 0.3 is 0 Å². The zero-order valence-corrected chi connectivity index (χ0v) is 10.6. The van der Waals surface area contributed by atoms with Crippen molar-refractivity contribution >= 4 is 17.5 Å². The molecule has 0 heterocycles. The minimum Gasteiger partial charge on any atom is -0.384 e. The van der Waals surface area contributed by atoms with E-state index in [4.69, 9.17) is 16.3 Å². The minimum atomic E-state index is -0.578. The fourth-order valence-corrected chi connectivity index (χ4v) is 1.55. The summed E-state index contributed by atoms with van der Waals surface area (Å²) in [6, 6.07) is 3.89. The quantitative estimate of drug-likeness (QED) is 0.882. The average molecular weight is 260 g/mol. The molecule has 0 saturated heterocycles. The molecular weight excluding hydrogens is 245 g/mol. The number of carbonyl (C=O) groups excluding carboxylic acids is 1. The van der Waals surface area contributed by atoms with Crippen molar-refractivity contribution in [2.45, 2.75) is 6.92 Å². The molecule has 0 radical (unpaired) electrons. The summed E-state index contributed by atoms with van der Waals surface area (Å²) in [5.41, 5.74) is -0.0397. The van der Waals surface area contributed by atoms with Crippen molar-refractivity contribution in [2.24, 2.45) is 5.92 Å². The van der Waals surface area contributed by atoms with Crippen LogP contribution in [0.2, 0.25) is 5.02 Å². The topological polar surface area (TPSA) is 38.3 Å². The number of nitrogens with one attached hydrogen (secondary N) is 1. The summed E-state index contributed by atoms with van der Waals surface area (Å²) in [6.45, 7) is 2.90. The van der Waals surface area contributed by atoms with Crippen LogP contribution in [0, 0.1) is 11.7 Å². The van der Waals surface area contributed by atoms with Gasteiger partial charge in [-0.2, -0.15) is 0 Å². The summed E-state index contributed by atoms with van der Waals surface area (Å²) in [5.74, 6) is -0.870. The fraction of sp³-hybridized carbons (Fsp3) is 0.417. The molecule has 0 aliphatic rings. The van der Waals surface area contributed by atoms with Crippen LogP contribution in [0.1, 0.15) is 17.3 Å². The predicted octanol–water partition coefficient (Wildman–Crippen LogP) is 2.49. The first kappa shape index (κ1) is 13.9. The molecule has 1 unspecified atom stereocenters. The van der Waals surface area contributed by atoms with Crippen LogP contribution in [0.25, 0.3) is 0 Å². The van der Waals surface area contributed by atoms with Gasteiger partial charge in [0, 0.05) is 18.7 Å². The molecule has 0 fully saturated rings. The number of carbonyl (C=O) groups is 1. The summed E-state index contributed by atoms with van der Waals surface area (Å²) in [6.07, 6.45) is 0. The lowest BCUT2D eigenvalue weighted by Crippen LogP contribution is -2.30. The average Bonchev–Trinajstić information content (AvgIpc) is 2.29. The van der Waals surface area contributed by atoms with E-state index >= 15 is 0 Å². The molecule has 1 aromatic rings. The number of halogens is 2. The third-order valence-corrected chi connectivity index (χ3v) is 2.47. The van der Waals surface area contributed by atoms with Crippen molar-refractivity contribution in [1.29, 1.82) is 0 Å². The van der Waals surface area contributed by atoms with Crippen LogP contribution in [0.15, 0.2) is 18.2 Å². The van der Waals surface area contributed by atoms with E-state index in [2.05, 4.69) is 5.32 Å². The van der Waals surface area contributed by atoms with E-state index in [9.17, 15) is 9.18 Å². The maximum absolute atomic E-state index is 13.3. The van der Waals surface area contributed by atoms with Gasteiger partial charge in [0.15, 0.2) is 0 Å². The highest BCUT2D eigenvalue weighted by Crippen LogP contribution is 2.14. The van der Waals surface area contributed by atoms with Crippen molar-refractivity contribution in [3.05, 3.63) is 34.6 Å². The van der Waals surface area contributed by atoms with E-state index in [0.717, 1.165) is 0 Å². The molecule has 1 N–H and O–H groups in total. The summed E-state index contributed by atoms with van der Waals surface area (Å²) in [7, 11) is 1.59. The number of hydrogen-bond acceptors (Lipinski definition) is 2. The third kappa shape index (κ3) is 4.32. The van der Waals surface area contributed by atoms with Crippen molar-refractivity contribution in [3.8, 4) is 0 Å². The van der Waals surface area contributed by atoms with Gasteiger partial charge in [-0.15, -0.1) is 0 Å². The highest BCUT2D eigenvalue weighted by molar-refractivity contribution is 6.30. The van der Waals surface area contributed by atoms with Gasteiger partial charge in [0.1, 0.15) is 5.82 Å². The van der Waals surface area contributed by atoms with Gasteiger partial charge < -0.3 is 10.1 Å². The Kier molecular flexibility index (Phi) is 5.38. The molecule has 0 bridgehead atoms. The summed E-state index contributed by atoms with van der Waals surface area (Å²) in [4.78, 5) is 11.7. The molecule has 1 aromatic carbocycles. The van der Waals surface area contributed by atoms with Crippen molar-refractivity contribution in [3.63, 3.8) is 0 Å². The van der Waals surface area contributed by atoms with E-state index in [-0.39, 0.29) is 11.5 Å².